The van der Waals surface area contributed by atoms with Gasteiger partial charge in [-0.05, 0) is 32.6 Å². The van der Waals surface area contributed by atoms with E-state index in [4.69, 9.17) is 25.2 Å². The average molecular weight is 649 g/mol. The highest BCUT2D eigenvalue weighted by atomic mass is 16.5. The first-order chi connectivity index (χ1) is 21.6. The summed E-state index contributed by atoms with van der Waals surface area (Å²) in [6, 6.07) is 0. The van der Waals surface area contributed by atoms with Gasteiger partial charge in [-0.15, -0.1) is 0 Å². The molecule has 0 saturated carbocycles. The summed E-state index contributed by atoms with van der Waals surface area (Å²) in [7, 11) is 0. The van der Waals surface area contributed by atoms with E-state index < -0.39 is 18.0 Å². The SMILES string of the molecule is CC(O)CO.CCCCCCCCC(=O)O.CCCCCCCCC(=O)O.CCCCCCCCCCCC(=O)OCCCC. The molecule has 0 radical (unpaired) electrons. The zero-order chi connectivity index (χ0) is 34.8. The third kappa shape index (κ3) is 65.9. The molecule has 0 aliphatic carbocycles. The van der Waals surface area contributed by atoms with Gasteiger partial charge in [0, 0.05) is 19.3 Å². The van der Waals surface area contributed by atoms with Gasteiger partial charge in [0.1, 0.15) is 0 Å². The second-order valence-corrected chi connectivity index (χ2v) is 12.0. The van der Waals surface area contributed by atoms with Crippen molar-refractivity contribution in [2.75, 3.05) is 13.2 Å². The van der Waals surface area contributed by atoms with Gasteiger partial charge in [-0.3, -0.25) is 14.4 Å². The van der Waals surface area contributed by atoms with Gasteiger partial charge in [-0.1, -0.05) is 150 Å². The maximum atomic E-state index is 11.3. The quantitative estimate of drug-likeness (QED) is 0.0485. The molecule has 1 atom stereocenters. The molecule has 0 spiro atoms. The number of aliphatic carboxylic acids is 2. The van der Waals surface area contributed by atoms with Crippen molar-refractivity contribution in [3.05, 3.63) is 0 Å². The molecule has 0 saturated heterocycles. The maximum absolute atomic E-state index is 11.3. The smallest absolute Gasteiger partial charge is 0.305 e. The Morgan fingerprint density at radius 1 is 0.489 bits per heavy atom. The topological polar surface area (TPSA) is 141 Å². The molecule has 0 bridgehead atoms. The number of aliphatic hydroxyl groups is 2. The van der Waals surface area contributed by atoms with Crippen LogP contribution in [0, 0.1) is 0 Å². The zero-order valence-corrected chi connectivity index (χ0v) is 30.3. The Kier molecular flexibility index (Phi) is 52.1. The maximum Gasteiger partial charge on any atom is 0.305 e. The van der Waals surface area contributed by atoms with Crippen LogP contribution < -0.4 is 0 Å². The summed E-state index contributed by atoms with van der Waals surface area (Å²) in [6.07, 6.45) is 28.2. The van der Waals surface area contributed by atoms with Crippen molar-refractivity contribution in [1.29, 1.82) is 0 Å². The molecule has 4 N–H and O–H groups in total. The van der Waals surface area contributed by atoms with E-state index in [-0.39, 0.29) is 12.6 Å². The Balaban J connectivity index is -0.000000270. The molecule has 0 rings (SSSR count). The van der Waals surface area contributed by atoms with E-state index in [1.807, 2.05) is 0 Å². The van der Waals surface area contributed by atoms with Crippen molar-refractivity contribution < 1.29 is 39.5 Å². The average Bonchev–Trinajstić information content (AvgIpc) is 3.00. The molecule has 0 aromatic carbocycles. The highest BCUT2D eigenvalue weighted by Crippen LogP contribution is 2.11. The minimum absolute atomic E-state index is 0.00797. The number of esters is 1. The number of aliphatic hydroxyl groups excluding tert-OH is 2. The number of carboxylic acid groups (broad SMARTS) is 2. The summed E-state index contributed by atoms with van der Waals surface area (Å²) >= 11 is 0. The minimum Gasteiger partial charge on any atom is -0.481 e. The number of ether oxygens (including phenoxy) is 1. The van der Waals surface area contributed by atoms with E-state index >= 15 is 0 Å². The predicted molar refractivity (Wildman–Crippen MR) is 188 cm³/mol. The molecule has 0 aromatic heterocycles. The first-order valence-corrected chi connectivity index (χ1v) is 18.5. The van der Waals surface area contributed by atoms with Gasteiger partial charge in [0.05, 0.1) is 19.3 Å². The van der Waals surface area contributed by atoms with Crippen LogP contribution in [-0.2, 0) is 19.1 Å². The third-order valence-corrected chi connectivity index (χ3v) is 7.00. The molecular weight excluding hydrogens is 572 g/mol. The Bertz CT molecular complexity index is 555. The largest absolute Gasteiger partial charge is 0.481 e. The van der Waals surface area contributed by atoms with E-state index in [1.54, 1.807) is 0 Å². The van der Waals surface area contributed by atoms with Gasteiger partial charge in [-0.25, -0.2) is 0 Å². The molecule has 0 fully saturated rings. The monoisotopic (exact) mass is 649 g/mol. The van der Waals surface area contributed by atoms with E-state index in [9.17, 15) is 14.4 Å². The van der Waals surface area contributed by atoms with Crippen LogP contribution in [-0.4, -0.2) is 57.7 Å². The van der Waals surface area contributed by atoms with Crippen molar-refractivity contribution >= 4 is 17.9 Å². The number of hydrogen-bond donors (Lipinski definition) is 4. The van der Waals surface area contributed by atoms with Crippen molar-refractivity contribution in [3.8, 4) is 0 Å². The number of carbonyl (C=O) groups excluding carboxylic acids is 1. The molecule has 0 aliphatic heterocycles. The molecule has 0 aromatic rings. The lowest BCUT2D eigenvalue weighted by atomic mass is 10.1. The lowest BCUT2D eigenvalue weighted by Crippen LogP contribution is -2.05. The molecule has 8 heteroatoms. The van der Waals surface area contributed by atoms with Crippen LogP contribution in [0.1, 0.15) is 202 Å². The molecule has 0 heterocycles. The van der Waals surface area contributed by atoms with Gasteiger partial charge in [0.25, 0.3) is 0 Å². The Labute approximate surface area is 278 Å². The third-order valence-electron chi connectivity index (χ3n) is 7.00. The fraction of sp³-hybridized carbons (Fsp3) is 0.919. The Morgan fingerprint density at radius 3 is 1.02 bits per heavy atom. The van der Waals surface area contributed by atoms with Crippen molar-refractivity contribution in [2.45, 2.75) is 208 Å². The van der Waals surface area contributed by atoms with Crippen LogP contribution in [0.5, 0.6) is 0 Å². The molecule has 8 nitrogen and oxygen atoms in total. The lowest BCUT2D eigenvalue weighted by molar-refractivity contribution is -0.144. The zero-order valence-electron chi connectivity index (χ0n) is 30.3. The van der Waals surface area contributed by atoms with E-state index in [0.717, 1.165) is 44.9 Å². The fourth-order valence-electron chi connectivity index (χ4n) is 4.10. The van der Waals surface area contributed by atoms with Gasteiger partial charge in [-0.2, -0.15) is 0 Å². The lowest BCUT2D eigenvalue weighted by Gasteiger charge is -2.04. The number of carbonyl (C=O) groups is 3. The summed E-state index contributed by atoms with van der Waals surface area (Å²) in [5.41, 5.74) is 0. The summed E-state index contributed by atoms with van der Waals surface area (Å²) in [5.74, 6) is -1.34. The van der Waals surface area contributed by atoms with Crippen molar-refractivity contribution in [1.82, 2.24) is 0 Å². The first kappa shape index (κ1) is 50.2. The second-order valence-electron chi connectivity index (χ2n) is 12.0. The van der Waals surface area contributed by atoms with Gasteiger partial charge in [0.15, 0.2) is 0 Å². The van der Waals surface area contributed by atoms with E-state index in [1.165, 1.54) is 110 Å². The predicted octanol–water partition coefficient (Wildman–Crippen LogP) is 10.3. The van der Waals surface area contributed by atoms with Crippen LogP contribution in [0.2, 0.25) is 0 Å². The fourth-order valence-corrected chi connectivity index (χ4v) is 4.10. The van der Waals surface area contributed by atoms with Crippen molar-refractivity contribution in [3.63, 3.8) is 0 Å². The molecule has 0 aliphatic rings. The highest BCUT2D eigenvalue weighted by Gasteiger charge is 2.02. The number of hydrogen-bond acceptors (Lipinski definition) is 6. The summed E-state index contributed by atoms with van der Waals surface area (Å²) < 4.78 is 5.12. The van der Waals surface area contributed by atoms with Crippen LogP contribution in [0.15, 0.2) is 0 Å². The van der Waals surface area contributed by atoms with Crippen LogP contribution in [0.3, 0.4) is 0 Å². The molecule has 1 unspecified atom stereocenters. The minimum atomic E-state index is -0.666. The van der Waals surface area contributed by atoms with Gasteiger partial charge < -0.3 is 25.2 Å². The number of unbranched alkanes of at least 4 members (excludes halogenated alkanes) is 19. The second kappa shape index (κ2) is 46.7. The summed E-state index contributed by atoms with van der Waals surface area (Å²) in [4.78, 5) is 31.5. The molecular formula is C37H76O8. The number of rotatable bonds is 28. The Hall–Kier alpha value is -1.67. The highest BCUT2D eigenvalue weighted by molar-refractivity contribution is 5.69. The normalized spacial score (nSPS) is 10.7. The Morgan fingerprint density at radius 2 is 0.756 bits per heavy atom. The van der Waals surface area contributed by atoms with Gasteiger partial charge in [0.2, 0.25) is 0 Å². The summed E-state index contributed by atoms with van der Waals surface area (Å²) in [5, 5.41) is 32.6. The molecule has 45 heavy (non-hydrogen) atoms. The summed E-state index contributed by atoms with van der Waals surface area (Å²) in [6.45, 7) is 10.7. The van der Waals surface area contributed by atoms with Gasteiger partial charge >= 0.3 is 17.9 Å². The number of carboxylic acids is 2. The molecule has 272 valence electrons. The standard InChI is InChI=1S/C16H32O2.2C9H18O2.C3H8O2/c1-3-5-7-8-9-10-11-12-13-14-16(17)18-15-6-4-2;2*1-2-3-4-5-6-7-8-9(10)11;1-3(5)2-4/h3-15H2,1-2H3;2*2-8H2,1H3,(H,10,11);3-5H,2H2,1H3. The van der Waals surface area contributed by atoms with Crippen LogP contribution in [0.25, 0.3) is 0 Å². The van der Waals surface area contributed by atoms with E-state index in [0.29, 0.717) is 25.9 Å². The van der Waals surface area contributed by atoms with Crippen molar-refractivity contribution in [2.24, 2.45) is 0 Å². The van der Waals surface area contributed by atoms with E-state index in [2.05, 4.69) is 27.7 Å². The first-order valence-electron chi connectivity index (χ1n) is 18.5. The van der Waals surface area contributed by atoms with Crippen LogP contribution >= 0.6 is 0 Å². The molecule has 0 amide bonds. The van der Waals surface area contributed by atoms with Crippen LogP contribution in [0.4, 0.5) is 0 Å².